The molecule has 0 saturated carbocycles. The van der Waals surface area contributed by atoms with Gasteiger partial charge in [0.1, 0.15) is 5.82 Å². The Morgan fingerprint density at radius 3 is 2.76 bits per heavy atom. The molecule has 1 aliphatic rings. The first-order chi connectivity index (χ1) is 14.1. The molecule has 4 heterocycles. The van der Waals surface area contributed by atoms with E-state index in [0.717, 1.165) is 41.2 Å². The summed E-state index contributed by atoms with van der Waals surface area (Å²) in [6.07, 6.45) is 5.62. The number of anilines is 1. The molecule has 1 atom stereocenters. The monoisotopic (exact) mass is 387 g/mol. The summed E-state index contributed by atoms with van der Waals surface area (Å²) in [5.41, 5.74) is 4.04. The number of aliphatic hydroxyl groups excluding tert-OH is 1. The molecule has 3 aromatic heterocycles. The molecular weight excluding hydrogens is 366 g/mol. The number of aliphatic hydroxyl groups is 1. The van der Waals surface area contributed by atoms with Gasteiger partial charge in [0.05, 0.1) is 17.8 Å². The number of hydrogen-bond acceptors (Lipinski definition) is 5. The number of benzene rings is 1. The fourth-order valence-electron chi connectivity index (χ4n) is 4.05. The van der Waals surface area contributed by atoms with Crippen LogP contribution in [0.25, 0.3) is 27.8 Å². The number of nitrogens with zero attached hydrogens (tertiary/aromatic N) is 4. The third kappa shape index (κ3) is 3.00. The Balaban J connectivity index is 1.66. The van der Waals surface area contributed by atoms with Gasteiger partial charge in [0, 0.05) is 42.3 Å². The molecule has 1 aliphatic heterocycles. The molecule has 4 aromatic rings. The first-order valence-electron chi connectivity index (χ1n) is 9.66. The minimum Gasteiger partial charge on any atom is -0.391 e. The second kappa shape index (κ2) is 6.86. The van der Waals surface area contributed by atoms with Gasteiger partial charge in [-0.15, -0.1) is 0 Å². The summed E-state index contributed by atoms with van der Waals surface area (Å²) in [5.74, 6) is 0.879. The van der Waals surface area contributed by atoms with E-state index < -0.39 is 0 Å². The van der Waals surface area contributed by atoms with Crippen molar-refractivity contribution in [2.24, 2.45) is 0 Å². The number of aryl methyl sites for hydroxylation is 1. The van der Waals surface area contributed by atoms with E-state index in [2.05, 4.69) is 19.9 Å². The lowest BCUT2D eigenvalue weighted by molar-refractivity contribution is 0.198. The van der Waals surface area contributed by atoms with Crippen molar-refractivity contribution in [3.05, 3.63) is 71.0 Å². The van der Waals surface area contributed by atoms with Crippen molar-refractivity contribution in [3.8, 4) is 16.8 Å². The number of rotatable bonds is 3. The third-order valence-corrected chi connectivity index (χ3v) is 5.45. The van der Waals surface area contributed by atoms with E-state index in [1.807, 2.05) is 54.1 Å². The number of nitrogens with one attached hydrogen (secondary N) is 1. The molecule has 1 saturated heterocycles. The zero-order chi connectivity index (χ0) is 20.0. The highest BCUT2D eigenvalue weighted by Gasteiger charge is 2.23. The predicted molar refractivity (Wildman–Crippen MR) is 112 cm³/mol. The highest BCUT2D eigenvalue weighted by molar-refractivity contribution is 5.94. The molecule has 0 spiro atoms. The Hall–Kier alpha value is -3.45. The summed E-state index contributed by atoms with van der Waals surface area (Å²) in [5, 5.41) is 10.4. The summed E-state index contributed by atoms with van der Waals surface area (Å²) in [7, 11) is 0. The lowest BCUT2D eigenvalue weighted by Crippen LogP contribution is -2.23. The number of H-pyrrole nitrogens is 1. The number of para-hydroxylation sites is 1. The fraction of sp³-hybridized carbons (Fsp3) is 0.227. The maximum absolute atomic E-state index is 12.6. The lowest BCUT2D eigenvalue weighted by Gasteiger charge is -2.19. The smallest absolute Gasteiger partial charge is 0.260 e. The highest BCUT2D eigenvalue weighted by atomic mass is 16.3. The Bertz CT molecular complexity index is 1250. The van der Waals surface area contributed by atoms with Crippen LogP contribution in [-0.2, 0) is 0 Å². The molecule has 146 valence electrons. The maximum atomic E-state index is 12.6. The van der Waals surface area contributed by atoms with E-state index in [9.17, 15) is 9.90 Å². The summed E-state index contributed by atoms with van der Waals surface area (Å²) < 4.78 is 1.93. The van der Waals surface area contributed by atoms with Gasteiger partial charge < -0.3 is 19.6 Å². The van der Waals surface area contributed by atoms with Crippen LogP contribution in [0.1, 0.15) is 12.0 Å². The summed E-state index contributed by atoms with van der Waals surface area (Å²) in [6, 6.07) is 11.9. The van der Waals surface area contributed by atoms with Gasteiger partial charge in [0.25, 0.3) is 5.56 Å². The number of hydrogen-bond donors (Lipinski definition) is 2. The van der Waals surface area contributed by atoms with Crippen molar-refractivity contribution in [2.75, 3.05) is 18.0 Å². The molecular formula is C22H21N5O2. The molecule has 7 nitrogen and oxygen atoms in total. The van der Waals surface area contributed by atoms with Crippen LogP contribution < -0.4 is 10.5 Å². The first kappa shape index (κ1) is 17.6. The zero-order valence-corrected chi connectivity index (χ0v) is 16.0. The van der Waals surface area contributed by atoms with Crippen molar-refractivity contribution in [2.45, 2.75) is 19.4 Å². The first-order valence-corrected chi connectivity index (χ1v) is 9.66. The Morgan fingerprint density at radius 2 is 2.03 bits per heavy atom. The minimum atomic E-state index is -0.302. The van der Waals surface area contributed by atoms with Gasteiger partial charge in [-0.2, -0.15) is 0 Å². The Kier molecular flexibility index (Phi) is 4.17. The van der Waals surface area contributed by atoms with Crippen molar-refractivity contribution < 1.29 is 5.11 Å². The SMILES string of the molecule is Cc1cc(-c2cn(-c3ccccc3)c3nc[nH]c(=O)c23)cnc1N1CC[C@H](O)C1. The predicted octanol–water partition coefficient (Wildman–Crippen LogP) is 2.66. The molecule has 2 N–H and O–H groups in total. The van der Waals surface area contributed by atoms with Crippen LogP contribution in [0.4, 0.5) is 5.82 Å². The second-order valence-corrected chi connectivity index (χ2v) is 7.43. The lowest BCUT2D eigenvalue weighted by atomic mass is 10.1. The van der Waals surface area contributed by atoms with E-state index in [0.29, 0.717) is 17.6 Å². The van der Waals surface area contributed by atoms with Crippen LogP contribution in [0.15, 0.2) is 59.9 Å². The van der Waals surface area contributed by atoms with Gasteiger partial charge in [0.15, 0.2) is 5.65 Å². The average molecular weight is 387 g/mol. The molecule has 0 bridgehead atoms. The molecule has 0 unspecified atom stereocenters. The Morgan fingerprint density at radius 1 is 1.21 bits per heavy atom. The van der Waals surface area contributed by atoms with Gasteiger partial charge in [-0.25, -0.2) is 9.97 Å². The van der Waals surface area contributed by atoms with Crippen LogP contribution in [0.5, 0.6) is 0 Å². The van der Waals surface area contributed by atoms with Gasteiger partial charge in [-0.3, -0.25) is 4.79 Å². The number of β-amino-alcohol motifs (C(OH)–C–C–N with tert-alkyl or cyclic N) is 1. The average Bonchev–Trinajstić information content (AvgIpc) is 3.33. The van der Waals surface area contributed by atoms with E-state index in [1.54, 1.807) is 6.20 Å². The maximum Gasteiger partial charge on any atom is 0.260 e. The summed E-state index contributed by atoms with van der Waals surface area (Å²) >= 11 is 0. The van der Waals surface area contributed by atoms with Gasteiger partial charge >= 0.3 is 0 Å². The summed E-state index contributed by atoms with van der Waals surface area (Å²) in [6.45, 7) is 3.41. The van der Waals surface area contributed by atoms with E-state index in [1.165, 1.54) is 6.33 Å². The van der Waals surface area contributed by atoms with E-state index in [-0.39, 0.29) is 11.7 Å². The van der Waals surface area contributed by atoms with Crippen molar-refractivity contribution in [3.63, 3.8) is 0 Å². The van der Waals surface area contributed by atoms with Crippen LogP contribution in [-0.4, -0.2) is 43.8 Å². The van der Waals surface area contributed by atoms with Crippen LogP contribution in [0, 0.1) is 6.92 Å². The molecule has 0 amide bonds. The topological polar surface area (TPSA) is 87.0 Å². The summed E-state index contributed by atoms with van der Waals surface area (Å²) in [4.78, 5) is 26.5. The van der Waals surface area contributed by atoms with Gasteiger partial charge in [-0.05, 0) is 37.1 Å². The van der Waals surface area contributed by atoms with Gasteiger partial charge in [0.2, 0.25) is 0 Å². The molecule has 29 heavy (non-hydrogen) atoms. The second-order valence-electron chi connectivity index (χ2n) is 7.43. The van der Waals surface area contributed by atoms with E-state index >= 15 is 0 Å². The number of pyridine rings is 1. The Labute approximate surface area is 167 Å². The molecule has 1 fully saturated rings. The standard InChI is InChI=1S/C22H21N5O2/c1-14-9-15(10-23-20(14)26-8-7-17(28)11-26)18-12-27(16-5-3-2-4-6-16)21-19(18)22(29)25-13-24-21/h2-6,9-10,12-13,17,28H,7-8,11H2,1H3,(H,24,25,29)/t17-/m0/s1. The van der Waals surface area contributed by atoms with Crippen molar-refractivity contribution >= 4 is 16.9 Å². The number of aromatic nitrogens is 4. The van der Waals surface area contributed by atoms with E-state index in [4.69, 9.17) is 0 Å². The van der Waals surface area contributed by atoms with Crippen LogP contribution in [0.3, 0.4) is 0 Å². The van der Waals surface area contributed by atoms with Gasteiger partial charge in [-0.1, -0.05) is 18.2 Å². The highest BCUT2D eigenvalue weighted by Crippen LogP contribution is 2.32. The number of fused-ring (bicyclic) bond motifs is 1. The largest absolute Gasteiger partial charge is 0.391 e. The molecule has 1 aromatic carbocycles. The number of aromatic amines is 1. The van der Waals surface area contributed by atoms with Crippen molar-refractivity contribution in [1.29, 1.82) is 0 Å². The molecule has 0 radical (unpaired) electrons. The molecule has 7 heteroatoms. The third-order valence-electron chi connectivity index (χ3n) is 5.45. The molecule has 5 rings (SSSR count). The minimum absolute atomic E-state index is 0.177. The fourth-order valence-corrected chi connectivity index (χ4v) is 4.05. The normalized spacial score (nSPS) is 16.6. The quantitative estimate of drug-likeness (QED) is 0.564. The zero-order valence-electron chi connectivity index (χ0n) is 16.0. The molecule has 0 aliphatic carbocycles. The van der Waals surface area contributed by atoms with Crippen molar-refractivity contribution in [1.82, 2.24) is 19.5 Å². The van der Waals surface area contributed by atoms with Crippen LogP contribution in [0.2, 0.25) is 0 Å². The van der Waals surface area contributed by atoms with Crippen LogP contribution >= 0.6 is 0 Å².